The topological polar surface area (TPSA) is 12.0 Å². The molecule has 0 aromatic heterocycles. The van der Waals surface area contributed by atoms with Crippen molar-refractivity contribution < 1.29 is 8.78 Å². The number of hydrogen-bond acceptors (Lipinski definition) is 2. The summed E-state index contributed by atoms with van der Waals surface area (Å²) in [5, 5.41) is 3.30. The fraction of sp³-hybridized carbons (Fsp3) is 0.571. The molecule has 0 spiro atoms. The normalized spacial score (nSPS) is 11.8. The highest BCUT2D eigenvalue weighted by Crippen LogP contribution is 2.29. The van der Waals surface area contributed by atoms with E-state index < -0.39 is 11.6 Å². The van der Waals surface area contributed by atoms with Crippen molar-refractivity contribution in [1.29, 1.82) is 0 Å². The van der Waals surface area contributed by atoms with Crippen LogP contribution in [0.15, 0.2) is 18.2 Å². The summed E-state index contributed by atoms with van der Waals surface area (Å²) in [5.41, 5.74) is 0.648. The molecular formula is C14H21F2NS. The van der Waals surface area contributed by atoms with Gasteiger partial charge in [-0.15, -0.1) is 0 Å². The van der Waals surface area contributed by atoms with Crippen molar-refractivity contribution in [2.24, 2.45) is 0 Å². The van der Waals surface area contributed by atoms with Crippen LogP contribution in [0.1, 0.15) is 32.3 Å². The number of hydrogen-bond donors (Lipinski definition) is 1. The summed E-state index contributed by atoms with van der Waals surface area (Å²) in [5.74, 6) is -1.04. The van der Waals surface area contributed by atoms with Gasteiger partial charge in [-0.2, -0.15) is 11.8 Å². The van der Waals surface area contributed by atoms with Crippen molar-refractivity contribution in [1.82, 2.24) is 5.32 Å². The Balaban J connectivity index is 2.55. The Bertz CT molecular complexity index is 350. The Labute approximate surface area is 112 Å². The molecule has 0 radical (unpaired) electrons. The van der Waals surface area contributed by atoms with Gasteiger partial charge in [0.2, 0.25) is 0 Å². The van der Waals surface area contributed by atoms with Crippen LogP contribution in [0.5, 0.6) is 0 Å². The molecule has 0 saturated heterocycles. The molecule has 1 aromatic rings. The third kappa shape index (κ3) is 4.25. The summed E-state index contributed by atoms with van der Waals surface area (Å²) in [6.07, 6.45) is 4.26. The zero-order chi connectivity index (χ0) is 13.6. The molecule has 0 unspecified atom stereocenters. The van der Waals surface area contributed by atoms with E-state index in [2.05, 4.69) is 25.4 Å². The maximum absolute atomic E-state index is 13.0. The largest absolute Gasteiger partial charge is 0.311 e. The van der Waals surface area contributed by atoms with Crippen molar-refractivity contribution in [3.63, 3.8) is 0 Å². The first-order chi connectivity index (χ1) is 8.55. The molecule has 0 heterocycles. The van der Waals surface area contributed by atoms with E-state index >= 15 is 0 Å². The van der Waals surface area contributed by atoms with Gasteiger partial charge in [0.25, 0.3) is 0 Å². The lowest BCUT2D eigenvalue weighted by Gasteiger charge is -2.30. The zero-order valence-electron chi connectivity index (χ0n) is 11.2. The van der Waals surface area contributed by atoms with Gasteiger partial charge in [0.15, 0.2) is 0 Å². The Morgan fingerprint density at radius 1 is 1.11 bits per heavy atom. The van der Waals surface area contributed by atoms with E-state index in [0.29, 0.717) is 12.1 Å². The molecule has 0 aliphatic heterocycles. The number of thioether (sulfide) groups is 1. The minimum atomic E-state index is -0.520. The second kappa shape index (κ2) is 7.10. The van der Waals surface area contributed by atoms with Crippen LogP contribution in [0.25, 0.3) is 0 Å². The molecular weight excluding hydrogens is 252 g/mol. The van der Waals surface area contributed by atoms with Gasteiger partial charge in [-0.1, -0.05) is 13.8 Å². The molecule has 0 amide bonds. The predicted octanol–water partition coefficient (Wildman–Crippen LogP) is 3.98. The van der Waals surface area contributed by atoms with Crippen LogP contribution in [-0.2, 0) is 6.54 Å². The maximum Gasteiger partial charge on any atom is 0.126 e. The van der Waals surface area contributed by atoms with Crippen molar-refractivity contribution in [2.45, 2.75) is 38.0 Å². The van der Waals surface area contributed by atoms with E-state index in [0.717, 1.165) is 25.5 Å². The zero-order valence-corrected chi connectivity index (χ0v) is 12.0. The molecule has 0 atom stereocenters. The standard InChI is InChI=1S/C14H21F2NS/c1-4-14(5-2,18-3)10-17-9-11-6-12(15)8-13(16)7-11/h6-8,17H,4-5,9-10H2,1-3H3. The minimum absolute atomic E-state index is 0.214. The molecule has 1 aromatic carbocycles. The fourth-order valence-corrected chi connectivity index (χ4v) is 2.83. The van der Waals surface area contributed by atoms with Gasteiger partial charge in [-0.3, -0.25) is 0 Å². The number of rotatable bonds is 7. The molecule has 0 bridgehead atoms. The highest BCUT2D eigenvalue weighted by atomic mass is 32.2. The van der Waals surface area contributed by atoms with Crippen LogP contribution < -0.4 is 5.32 Å². The highest BCUT2D eigenvalue weighted by molar-refractivity contribution is 8.00. The van der Waals surface area contributed by atoms with Crippen LogP contribution in [0.4, 0.5) is 8.78 Å². The Kier molecular flexibility index (Phi) is 6.09. The summed E-state index contributed by atoms with van der Waals surface area (Å²) in [7, 11) is 0. The van der Waals surface area contributed by atoms with Crippen LogP contribution in [-0.4, -0.2) is 17.5 Å². The van der Waals surface area contributed by atoms with E-state index in [9.17, 15) is 8.78 Å². The average molecular weight is 273 g/mol. The number of halogens is 2. The second-order valence-corrected chi connectivity index (χ2v) is 5.75. The van der Waals surface area contributed by atoms with Gasteiger partial charge in [-0.05, 0) is 36.8 Å². The van der Waals surface area contributed by atoms with Gasteiger partial charge in [-0.25, -0.2) is 8.78 Å². The van der Waals surface area contributed by atoms with Crippen LogP contribution in [0.3, 0.4) is 0 Å². The molecule has 1 rings (SSSR count). The lowest BCUT2D eigenvalue weighted by Crippen LogP contribution is -2.36. The second-order valence-electron chi connectivity index (χ2n) is 4.48. The molecule has 0 fully saturated rings. The quantitative estimate of drug-likeness (QED) is 0.806. The van der Waals surface area contributed by atoms with Gasteiger partial charge in [0, 0.05) is 23.9 Å². The molecule has 0 aliphatic rings. The molecule has 0 saturated carbocycles. The van der Waals surface area contributed by atoms with E-state index in [-0.39, 0.29) is 4.75 Å². The van der Waals surface area contributed by atoms with E-state index in [1.165, 1.54) is 12.1 Å². The van der Waals surface area contributed by atoms with Crippen LogP contribution in [0, 0.1) is 11.6 Å². The van der Waals surface area contributed by atoms with Crippen molar-refractivity contribution >= 4 is 11.8 Å². The van der Waals surface area contributed by atoms with Gasteiger partial charge < -0.3 is 5.32 Å². The smallest absolute Gasteiger partial charge is 0.126 e. The molecule has 1 nitrogen and oxygen atoms in total. The number of benzene rings is 1. The fourth-order valence-electron chi connectivity index (χ4n) is 2.01. The molecule has 102 valence electrons. The Morgan fingerprint density at radius 3 is 2.11 bits per heavy atom. The first-order valence-electron chi connectivity index (χ1n) is 6.26. The van der Waals surface area contributed by atoms with Gasteiger partial charge in [0.1, 0.15) is 11.6 Å². The first-order valence-corrected chi connectivity index (χ1v) is 7.48. The third-order valence-electron chi connectivity index (χ3n) is 3.42. The maximum atomic E-state index is 13.0. The average Bonchev–Trinajstić information content (AvgIpc) is 2.34. The van der Waals surface area contributed by atoms with Gasteiger partial charge >= 0.3 is 0 Å². The third-order valence-corrected chi connectivity index (χ3v) is 5.01. The SMILES string of the molecule is CCC(CC)(CNCc1cc(F)cc(F)c1)SC. The Morgan fingerprint density at radius 2 is 1.67 bits per heavy atom. The Hall–Kier alpha value is -0.610. The van der Waals surface area contributed by atoms with E-state index in [4.69, 9.17) is 0 Å². The molecule has 0 aliphatic carbocycles. The monoisotopic (exact) mass is 273 g/mol. The summed E-state index contributed by atoms with van der Waals surface area (Å²) in [6.45, 7) is 5.68. The summed E-state index contributed by atoms with van der Waals surface area (Å²) in [6, 6.07) is 3.64. The van der Waals surface area contributed by atoms with Gasteiger partial charge in [0.05, 0.1) is 0 Å². The van der Waals surface area contributed by atoms with E-state index in [1.54, 1.807) is 0 Å². The summed E-state index contributed by atoms with van der Waals surface area (Å²) < 4.78 is 26.2. The highest BCUT2D eigenvalue weighted by Gasteiger charge is 2.23. The summed E-state index contributed by atoms with van der Waals surface area (Å²) >= 11 is 1.85. The van der Waals surface area contributed by atoms with Crippen molar-refractivity contribution in [3.05, 3.63) is 35.4 Å². The molecule has 18 heavy (non-hydrogen) atoms. The minimum Gasteiger partial charge on any atom is -0.311 e. The van der Waals surface area contributed by atoms with Crippen molar-refractivity contribution in [2.75, 3.05) is 12.8 Å². The number of nitrogens with one attached hydrogen (secondary N) is 1. The molecule has 1 N–H and O–H groups in total. The lowest BCUT2D eigenvalue weighted by molar-refractivity contribution is 0.493. The summed E-state index contributed by atoms with van der Waals surface area (Å²) in [4.78, 5) is 0. The van der Waals surface area contributed by atoms with Crippen LogP contribution >= 0.6 is 11.8 Å². The predicted molar refractivity (Wildman–Crippen MR) is 74.9 cm³/mol. The first kappa shape index (κ1) is 15.4. The van der Waals surface area contributed by atoms with Crippen LogP contribution in [0.2, 0.25) is 0 Å². The lowest BCUT2D eigenvalue weighted by atomic mass is 10.0. The molecule has 4 heteroatoms. The van der Waals surface area contributed by atoms with Crippen molar-refractivity contribution in [3.8, 4) is 0 Å². The van der Waals surface area contributed by atoms with E-state index in [1.807, 2.05) is 11.8 Å².